The number of hydrogen-bond donors (Lipinski definition) is 1. The molecule has 1 atom stereocenters. The highest BCUT2D eigenvalue weighted by Crippen LogP contribution is 2.24. The number of carbonyl (C=O) groups is 1. The molecule has 0 spiro atoms. The molecule has 144 valence electrons. The second kappa shape index (κ2) is 8.06. The Morgan fingerprint density at radius 3 is 2.63 bits per heavy atom. The van der Waals surface area contributed by atoms with E-state index in [0.29, 0.717) is 18.7 Å². The summed E-state index contributed by atoms with van der Waals surface area (Å²) in [5, 5.41) is 8.25. The van der Waals surface area contributed by atoms with Crippen molar-refractivity contribution in [3.05, 3.63) is 59.9 Å². The van der Waals surface area contributed by atoms with Crippen LogP contribution in [-0.4, -0.2) is 49.3 Å². The molecule has 1 heterocycles. The zero-order chi connectivity index (χ0) is 19.4. The molecule has 2 aromatic rings. The Morgan fingerprint density at radius 2 is 1.96 bits per heavy atom. The van der Waals surface area contributed by atoms with E-state index >= 15 is 0 Å². The molecule has 2 aromatic carbocycles. The summed E-state index contributed by atoms with van der Waals surface area (Å²) in [5.74, 6) is -0.426. The van der Waals surface area contributed by atoms with Gasteiger partial charge in [-0.15, -0.1) is 0 Å². The first kappa shape index (κ1) is 19.3. The fourth-order valence-electron chi connectivity index (χ4n) is 2.97. The number of nitrogens with zero attached hydrogens (tertiary/aromatic N) is 1. The molecule has 3 rings (SSSR count). The van der Waals surface area contributed by atoms with E-state index in [1.54, 1.807) is 24.3 Å². The molecule has 1 unspecified atom stereocenters. The molecule has 0 bridgehead atoms. The molecule has 0 radical (unpaired) electrons. The number of sulfone groups is 1. The monoisotopic (exact) mass is 393 g/mol. The maximum Gasteiger partial charge on any atom is 0.260 e. The number of aliphatic hydroxyl groups is 1. The van der Waals surface area contributed by atoms with Gasteiger partial charge >= 0.3 is 0 Å². The summed E-state index contributed by atoms with van der Waals surface area (Å²) < 4.78 is 44.0. The molecule has 1 amide bonds. The Morgan fingerprint density at radius 1 is 1.22 bits per heavy atom. The van der Waals surface area contributed by atoms with Crippen LogP contribution in [0.2, 0.25) is 0 Å². The summed E-state index contributed by atoms with van der Waals surface area (Å²) in [7, 11) is -3.70. The number of benzene rings is 2. The Balaban J connectivity index is 1.59. The van der Waals surface area contributed by atoms with Gasteiger partial charge in [-0.3, -0.25) is 4.79 Å². The maximum atomic E-state index is 13.3. The van der Waals surface area contributed by atoms with Crippen LogP contribution in [0.3, 0.4) is 0 Å². The molecule has 1 N–H and O–H groups in total. The third-order valence-electron chi connectivity index (χ3n) is 4.53. The van der Waals surface area contributed by atoms with Gasteiger partial charge in [-0.05, 0) is 42.3 Å². The van der Waals surface area contributed by atoms with Crippen LogP contribution >= 0.6 is 0 Å². The average Bonchev–Trinajstić information content (AvgIpc) is 3.18. The van der Waals surface area contributed by atoms with Gasteiger partial charge in [0.1, 0.15) is 11.6 Å². The molecule has 1 aliphatic heterocycles. The first-order valence-corrected chi connectivity index (χ1v) is 10.0. The van der Waals surface area contributed by atoms with Gasteiger partial charge in [0, 0.05) is 13.1 Å². The fourth-order valence-corrected chi connectivity index (χ4v) is 4.69. The SMILES string of the molecule is O=C(COc1ccc(CO)cc1)N1CCC(S(=O)(=O)c2cccc(F)c2)C1. The van der Waals surface area contributed by atoms with Gasteiger partial charge in [-0.1, -0.05) is 18.2 Å². The predicted octanol–water partition coefficient (Wildman–Crippen LogP) is 1.77. The Hall–Kier alpha value is -2.45. The van der Waals surface area contributed by atoms with Crippen molar-refractivity contribution in [2.24, 2.45) is 0 Å². The van der Waals surface area contributed by atoms with E-state index in [0.717, 1.165) is 11.6 Å². The Labute approximate surface area is 157 Å². The first-order chi connectivity index (χ1) is 12.9. The summed E-state index contributed by atoms with van der Waals surface area (Å²) in [5.41, 5.74) is 0.735. The van der Waals surface area contributed by atoms with Crippen LogP contribution in [0.15, 0.2) is 53.4 Å². The third kappa shape index (κ3) is 4.45. The number of ether oxygens (including phenoxy) is 1. The molecule has 1 fully saturated rings. The van der Waals surface area contributed by atoms with Gasteiger partial charge in [0.15, 0.2) is 16.4 Å². The van der Waals surface area contributed by atoms with Crippen LogP contribution in [0.5, 0.6) is 5.75 Å². The lowest BCUT2D eigenvalue weighted by molar-refractivity contribution is -0.132. The summed E-state index contributed by atoms with van der Waals surface area (Å²) >= 11 is 0. The number of hydrogen-bond acceptors (Lipinski definition) is 5. The van der Waals surface area contributed by atoms with Gasteiger partial charge < -0.3 is 14.7 Å². The molecule has 8 heteroatoms. The van der Waals surface area contributed by atoms with E-state index < -0.39 is 20.9 Å². The van der Waals surface area contributed by atoms with E-state index in [4.69, 9.17) is 9.84 Å². The highest BCUT2D eigenvalue weighted by molar-refractivity contribution is 7.92. The van der Waals surface area contributed by atoms with Crippen molar-refractivity contribution < 1.29 is 27.4 Å². The molecule has 0 aromatic heterocycles. The van der Waals surface area contributed by atoms with E-state index in [9.17, 15) is 17.6 Å². The van der Waals surface area contributed by atoms with Crippen LogP contribution in [-0.2, 0) is 21.2 Å². The number of likely N-dealkylation sites (tertiary alicyclic amines) is 1. The molecular weight excluding hydrogens is 373 g/mol. The van der Waals surface area contributed by atoms with Crippen molar-refractivity contribution >= 4 is 15.7 Å². The molecule has 0 aliphatic carbocycles. The standard InChI is InChI=1S/C19H20FNO5S/c20-15-2-1-3-17(10-15)27(24,25)18-8-9-21(11-18)19(23)13-26-16-6-4-14(12-22)5-7-16/h1-7,10,18,22H,8-9,11-13H2. The number of halogens is 1. The van der Waals surface area contributed by atoms with Crippen molar-refractivity contribution in [2.45, 2.75) is 23.2 Å². The third-order valence-corrected chi connectivity index (χ3v) is 6.70. The van der Waals surface area contributed by atoms with Crippen molar-refractivity contribution in [1.82, 2.24) is 4.90 Å². The number of aliphatic hydroxyl groups excluding tert-OH is 1. The summed E-state index contributed by atoms with van der Waals surface area (Å²) in [4.78, 5) is 13.7. The predicted molar refractivity (Wildman–Crippen MR) is 96.4 cm³/mol. The summed E-state index contributed by atoms with van der Waals surface area (Å²) in [6.45, 7) is 0.0920. The minimum absolute atomic E-state index is 0.0600. The van der Waals surface area contributed by atoms with Crippen molar-refractivity contribution in [3.8, 4) is 5.75 Å². The largest absolute Gasteiger partial charge is 0.484 e. The smallest absolute Gasteiger partial charge is 0.260 e. The van der Waals surface area contributed by atoms with E-state index in [1.165, 1.54) is 23.1 Å². The zero-order valence-corrected chi connectivity index (χ0v) is 15.4. The van der Waals surface area contributed by atoms with E-state index in [1.807, 2.05) is 0 Å². The van der Waals surface area contributed by atoms with Gasteiger partial charge in [-0.2, -0.15) is 0 Å². The van der Waals surface area contributed by atoms with Gasteiger partial charge in [0.05, 0.1) is 16.8 Å². The lowest BCUT2D eigenvalue weighted by Gasteiger charge is -2.17. The van der Waals surface area contributed by atoms with E-state index in [-0.39, 0.29) is 30.6 Å². The fraction of sp³-hybridized carbons (Fsp3) is 0.316. The molecule has 27 heavy (non-hydrogen) atoms. The van der Waals surface area contributed by atoms with E-state index in [2.05, 4.69) is 0 Å². The molecular formula is C19H20FNO5S. The zero-order valence-electron chi connectivity index (χ0n) is 14.5. The number of carbonyl (C=O) groups excluding carboxylic acids is 1. The van der Waals surface area contributed by atoms with Crippen LogP contribution in [0.1, 0.15) is 12.0 Å². The average molecular weight is 393 g/mol. The van der Waals surface area contributed by atoms with Crippen molar-refractivity contribution in [3.63, 3.8) is 0 Å². The van der Waals surface area contributed by atoms with Gasteiger partial charge in [0.2, 0.25) is 0 Å². The highest BCUT2D eigenvalue weighted by atomic mass is 32.2. The van der Waals surface area contributed by atoms with Crippen molar-refractivity contribution in [1.29, 1.82) is 0 Å². The van der Waals surface area contributed by atoms with Crippen molar-refractivity contribution in [2.75, 3.05) is 19.7 Å². The number of rotatable bonds is 6. The maximum absolute atomic E-state index is 13.3. The Kier molecular flexibility index (Phi) is 5.76. The summed E-state index contributed by atoms with van der Waals surface area (Å²) in [6, 6.07) is 11.6. The first-order valence-electron chi connectivity index (χ1n) is 8.50. The minimum atomic E-state index is -3.70. The van der Waals surface area contributed by atoms with Crippen LogP contribution in [0.25, 0.3) is 0 Å². The second-order valence-corrected chi connectivity index (χ2v) is 8.57. The van der Waals surface area contributed by atoms with Crippen LogP contribution in [0.4, 0.5) is 4.39 Å². The highest BCUT2D eigenvalue weighted by Gasteiger charge is 2.36. The molecule has 0 saturated carbocycles. The topological polar surface area (TPSA) is 83.9 Å². The lowest BCUT2D eigenvalue weighted by Crippen LogP contribution is -2.35. The lowest BCUT2D eigenvalue weighted by atomic mass is 10.2. The van der Waals surface area contributed by atoms with Gasteiger partial charge in [0.25, 0.3) is 5.91 Å². The summed E-state index contributed by atoms with van der Waals surface area (Å²) in [6.07, 6.45) is 0.301. The quantitative estimate of drug-likeness (QED) is 0.809. The molecule has 1 saturated heterocycles. The van der Waals surface area contributed by atoms with Gasteiger partial charge in [-0.25, -0.2) is 12.8 Å². The Bertz CT molecular complexity index is 914. The minimum Gasteiger partial charge on any atom is -0.484 e. The molecule has 6 nitrogen and oxygen atoms in total. The van der Waals surface area contributed by atoms with Crippen LogP contribution < -0.4 is 4.74 Å². The second-order valence-electron chi connectivity index (χ2n) is 6.34. The normalized spacial score (nSPS) is 17.1. The molecule has 1 aliphatic rings. The van der Waals surface area contributed by atoms with Crippen LogP contribution in [0, 0.1) is 5.82 Å². The number of amides is 1.